The van der Waals surface area contributed by atoms with Crippen LogP contribution in [0.2, 0.25) is 0 Å². The molecule has 126 valence electrons. The second kappa shape index (κ2) is 7.45. The minimum absolute atomic E-state index is 0.0938. The normalized spacial score (nSPS) is 12.7. The van der Waals surface area contributed by atoms with Crippen LogP contribution in [-0.2, 0) is 6.18 Å². The lowest BCUT2D eigenvalue weighted by molar-refractivity contribution is -0.153. The zero-order valence-electron chi connectivity index (χ0n) is 11.4. The Bertz CT molecular complexity index is 621. The summed E-state index contributed by atoms with van der Waals surface area (Å²) >= 11 is 0.892. The van der Waals surface area contributed by atoms with E-state index in [0.717, 1.165) is 17.8 Å². The van der Waals surface area contributed by atoms with Crippen LogP contribution in [-0.4, -0.2) is 24.2 Å². The Morgan fingerprint density at radius 3 is 2.43 bits per heavy atom. The van der Waals surface area contributed by atoms with Gasteiger partial charge < -0.3 is 4.74 Å². The number of halogens is 6. The number of thioether (sulfide) groups is 1. The first-order valence-corrected chi connectivity index (χ1v) is 6.98. The maximum atomic E-state index is 12.7. The van der Waals surface area contributed by atoms with E-state index in [0.29, 0.717) is 12.1 Å². The van der Waals surface area contributed by atoms with Crippen LogP contribution in [0.5, 0.6) is 5.75 Å². The molecule has 0 aliphatic carbocycles. The minimum Gasteiger partial charge on any atom is -0.482 e. The summed E-state index contributed by atoms with van der Waals surface area (Å²) in [5.74, 6) is -0.485. The van der Waals surface area contributed by atoms with Crippen LogP contribution in [0.1, 0.15) is 5.56 Å². The Morgan fingerprint density at radius 2 is 1.96 bits per heavy atom. The van der Waals surface area contributed by atoms with Gasteiger partial charge in [-0.15, -0.1) is 0 Å². The van der Waals surface area contributed by atoms with Crippen molar-refractivity contribution in [3.05, 3.63) is 23.8 Å². The number of hydrogen-bond donors (Lipinski definition) is 1. The van der Waals surface area contributed by atoms with E-state index in [1.807, 2.05) is 0 Å². The first kappa shape index (κ1) is 19.0. The molecule has 0 bridgehead atoms. The van der Waals surface area contributed by atoms with Gasteiger partial charge in [-0.2, -0.15) is 31.6 Å². The highest BCUT2D eigenvalue weighted by atomic mass is 32.2. The van der Waals surface area contributed by atoms with Gasteiger partial charge in [0.25, 0.3) is 0 Å². The summed E-state index contributed by atoms with van der Waals surface area (Å²) in [7, 11) is 0. The van der Waals surface area contributed by atoms with E-state index in [9.17, 15) is 26.3 Å². The number of rotatable bonds is 3. The largest absolute Gasteiger partial charge is 0.482 e. The van der Waals surface area contributed by atoms with E-state index in [1.54, 1.807) is 0 Å². The Kier molecular flexibility index (Phi) is 6.14. The van der Waals surface area contributed by atoms with Crippen molar-refractivity contribution in [2.45, 2.75) is 12.4 Å². The lowest BCUT2D eigenvalue weighted by atomic mass is 10.2. The third-order valence-corrected chi connectivity index (χ3v) is 2.84. The summed E-state index contributed by atoms with van der Waals surface area (Å²) in [6.45, 7) is -1.68. The molecule has 0 atom stereocenters. The molecule has 1 N–H and O–H groups in total. The molecule has 1 aromatic carbocycles. The zero-order valence-corrected chi connectivity index (χ0v) is 12.2. The molecule has 0 aromatic heterocycles. The minimum atomic E-state index is -4.70. The van der Waals surface area contributed by atoms with Crippen molar-refractivity contribution in [3.63, 3.8) is 0 Å². The van der Waals surface area contributed by atoms with E-state index < -0.39 is 36.0 Å². The number of nitrogens with zero attached hydrogens (tertiary/aromatic N) is 2. The van der Waals surface area contributed by atoms with Gasteiger partial charge >= 0.3 is 12.4 Å². The average molecular weight is 357 g/mol. The summed E-state index contributed by atoms with van der Waals surface area (Å²) in [4.78, 5) is 3.70. The van der Waals surface area contributed by atoms with Gasteiger partial charge in [-0.1, -0.05) is 11.8 Å². The van der Waals surface area contributed by atoms with E-state index >= 15 is 0 Å². The molecule has 0 aliphatic heterocycles. The van der Waals surface area contributed by atoms with Crippen molar-refractivity contribution in [2.75, 3.05) is 12.9 Å². The number of aliphatic imine (C=N–C) groups is 1. The molecule has 23 heavy (non-hydrogen) atoms. The first-order valence-electron chi connectivity index (χ1n) is 5.75. The molecule has 0 fully saturated rings. The molecule has 4 nitrogen and oxygen atoms in total. The molecule has 0 unspecified atom stereocenters. The SMILES string of the molecule is CSC(=Nc1cc(C(F)(F)F)ccc1OCC(F)(F)F)NC#N. The molecule has 1 aromatic rings. The highest BCUT2D eigenvalue weighted by molar-refractivity contribution is 8.13. The van der Waals surface area contributed by atoms with Gasteiger partial charge in [0.05, 0.1) is 5.56 Å². The average Bonchev–Trinajstić information content (AvgIpc) is 2.43. The predicted octanol–water partition coefficient (Wildman–Crippen LogP) is 4.07. The molecule has 0 spiro atoms. The molecule has 0 saturated heterocycles. The van der Waals surface area contributed by atoms with Crippen molar-refractivity contribution >= 4 is 22.6 Å². The molecular weight excluding hydrogens is 348 g/mol. The van der Waals surface area contributed by atoms with Crippen LogP contribution in [0, 0.1) is 11.5 Å². The van der Waals surface area contributed by atoms with Gasteiger partial charge in [0.15, 0.2) is 18.0 Å². The second-order valence-electron chi connectivity index (χ2n) is 3.94. The molecule has 0 saturated carbocycles. The highest BCUT2D eigenvalue weighted by Gasteiger charge is 2.32. The number of amidine groups is 1. The maximum absolute atomic E-state index is 12.7. The van der Waals surface area contributed by atoms with Crippen molar-refractivity contribution < 1.29 is 31.1 Å². The molecule has 1 rings (SSSR count). The van der Waals surface area contributed by atoms with Crippen molar-refractivity contribution in [3.8, 4) is 11.9 Å². The van der Waals surface area contributed by atoms with Gasteiger partial charge in [0.2, 0.25) is 0 Å². The summed E-state index contributed by atoms with van der Waals surface area (Å²) in [6.07, 6.45) is -6.36. The lowest BCUT2D eigenvalue weighted by Crippen LogP contribution is -2.19. The van der Waals surface area contributed by atoms with Gasteiger partial charge in [0, 0.05) is 0 Å². The third kappa shape index (κ3) is 6.27. The van der Waals surface area contributed by atoms with E-state index in [4.69, 9.17) is 5.26 Å². The van der Waals surface area contributed by atoms with Gasteiger partial charge in [-0.05, 0) is 24.5 Å². The smallest absolute Gasteiger partial charge is 0.422 e. The summed E-state index contributed by atoms with van der Waals surface area (Å²) in [5, 5.41) is 10.5. The third-order valence-electron chi connectivity index (χ3n) is 2.26. The summed E-state index contributed by atoms with van der Waals surface area (Å²) in [6, 6.07) is 1.87. The fourth-order valence-corrected chi connectivity index (χ4v) is 1.68. The second-order valence-corrected chi connectivity index (χ2v) is 4.74. The lowest BCUT2D eigenvalue weighted by Gasteiger charge is -2.14. The van der Waals surface area contributed by atoms with Gasteiger partial charge in [-0.3, -0.25) is 5.32 Å². The van der Waals surface area contributed by atoms with Crippen LogP contribution < -0.4 is 10.1 Å². The number of nitriles is 1. The molecule has 0 radical (unpaired) electrons. The van der Waals surface area contributed by atoms with Crippen LogP contribution in [0.15, 0.2) is 23.2 Å². The molecule has 0 aliphatic rings. The molecule has 0 heterocycles. The summed E-state index contributed by atoms with van der Waals surface area (Å²) < 4.78 is 79.1. The van der Waals surface area contributed by atoms with Crippen molar-refractivity contribution in [1.82, 2.24) is 5.32 Å². The maximum Gasteiger partial charge on any atom is 0.422 e. The number of benzene rings is 1. The Balaban J connectivity index is 3.26. The Morgan fingerprint density at radius 1 is 1.30 bits per heavy atom. The Labute approximate surface area is 131 Å². The zero-order chi connectivity index (χ0) is 17.7. The number of hydrogen-bond acceptors (Lipinski definition) is 4. The van der Waals surface area contributed by atoms with Gasteiger partial charge in [0.1, 0.15) is 11.4 Å². The molecular formula is C12H9F6N3OS. The van der Waals surface area contributed by atoms with E-state index in [1.165, 1.54) is 12.4 Å². The Hall–Kier alpha value is -2.09. The fourth-order valence-electron chi connectivity index (χ4n) is 1.34. The van der Waals surface area contributed by atoms with Crippen LogP contribution in [0.4, 0.5) is 32.0 Å². The monoisotopic (exact) mass is 357 g/mol. The number of nitrogens with one attached hydrogen (secondary N) is 1. The predicted molar refractivity (Wildman–Crippen MR) is 72.4 cm³/mol. The van der Waals surface area contributed by atoms with Crippen LogP contribution in [0.25, 0.3) is 0 Å². The molecule has 0 amide bonds. The van der Waals surface area contributed by atoms with E-state index in [2.05, 4.69) is 15.0 Å². The van der Waals surface area contributed by atoms with Crippen LogP contribution in [0.3, 0.4) is 0 Å². The van der Waals surface area contributed by atoms with E-state index in [-0.39, 0.29) is 5.17 Å². The first-order chi connectivity index (χ1) is 10.6. The van der Waals surface area contributed by atoms with Crippen molar-refractivity contribution in [2.24, 2.45) is 4.99 Å². The fraction of sp³-hybridized carbons (Fsp3) is 0.333. The molecule has 11 heteroatoms. The number of ether oxygens (including phenoxy) is 1. The highest BCUT2D eigenvalue weighted by Crippen LogP contribution is 2.37. The van der Waals surface area contributed by atoms with Crippen molar-refractivity contribution in [1.29, 1.82) is 5.26 Å². The summed E-state index contributed by atoms with van der Waals surface area (Å²) in [5.41, 5.74) is -1.58. The quantitative estimate of drug-likeness (QED) is 0.291. The van der Waals surface area contributed by atoms with Crippen LogP contribution >= 0.6 is 11.8 Å². The standard InChI is InChI=1S/C12H9F6N3OS/c1-23-10(20-6-19)21-8-4-7(12(16,17)18)2-3-9(8)22-5-11(13,14)15/h2-4H,5H2,1H3,(H,20,21). The number of alkyl halides is 6. The topological polar surface area (TPSA) is 57.4 Å². The van der Waals surface area contributed by atoms with Gasteiger partial charge in [-0.25, -0.2) is 4.99 Å².